The highest BCUT2D eigenvalue weighted by Gasteiger charge is 2.37. The molecule has 120 valence electrons. The van der Waals surface area contributed by atoms with E-state index >= 15 is 0 Å². The third-order valence-corrected chi connectivity index (χ3v) is 4.17. The third kappa shape index (κ3) is 3.34. The first-order valence-electron chi connectivity index (χ1n) is 7.47. The summed E-state index contributed by atoms with van der Waals surface area (Å²) < 4.78 is 5.71. The number of H-pyrrole nitrogens is 1. The largest absolute Gasteiger partial charge is 0.396 e. The van der Waals surface area contributed by atoms with Crippen LogP contribution in [0.3, 0.4) is 0 Å². The smallest absolute Gasteiger partial charge is 0.269 e. The normalized spacial score (nSPS) is 28.3. The van der Waals surface area contributed by atoms with Crippen molar-refractivity contribution in [3.05, 3.63) is 28.4 Å². The quantitative estimate of drug-likeness (QED) is 0.640. The number of amides is 1. The van der Waals surface area contributed by atoms with Crippen LogP contribution in [0.1, 0.15) is 23.3 Å². The molecule has 0 spiro atoms. The zero-order valence-electron chi connectivity index (χ0n) is 12.2. The van der Waals surface area contributed by atoms with Gasteiger partial charge in [0.1, 0.15) is 5.69 Å². The van der Waals surface area contributed by atoms with Crippen LogP contribution < -0.4 is 10.9 Å². The molecule has 0 aromatic carbocycles. The second-order valence-electron chi connectivity index (χ2n) is 5.79. The second-order valence-corrected chi connectivity index (χ2v) is 5.79. The molecule has 0 saturated carbocycles. The van der Waals surface area contributed by atoms with Gasteiger partial charge in [0.15, 0.2) is 0 Å². The Morgan fingerprint density at radius 2 is 2.36 bits per heavy atom. The van der Waals surface area contributed by atoms with E-state index < -0.39 is 5.56 Å². The first kappa shape index (κ1) is 15.1. The summed E-state index contributed by atoms with van der Waals surface area (Å²) in [7, 11) is 0. The van der Waals surface area contributed by atoms with Gasteiger partial charge < -0.3 is 20.1 Å². The number of morpholine rings is 1. The number of hydrogen-bond acceptors (Lipinski definition) is 6. The lowest BCUT2D eigenvalue weighted by atomic mass is 10.1. The van der Waals surface area contributed by atoms with Gasteiger partial charge in [0, 0.05) is 31.8 Å². The zero-order chi connectivity index (χ0) is 15.5. The number of hydrogen-bond donors (Lipinski definition) is 3. The molecule has 1 amide bonds. The minimum Gasteiger partial charge on any atom is -0.396 e. The first-order valence-corrected chi connectivity index (χ1v) is 7.47. The number of aromatic amines is 1. The van der Waals surface area contributed by atoms with Gasteiger partial charge in [-0.25, -0.2) is 0 Å². The van der Waals surface area contributed by atoms with E-state index in [-0.39, 0.29) is 30.4 Å². The van der Waals surface area contributed by atoms with Gasteiger partial charge in [-0.1, -0.05) is 0 Å². The van der Waals surface area contributed by atoms with Gasteiger partial charge in [-0.2, -0.15) is 0 Å². The lowest BCUT2D eigenvalue weighted by molar-refractivity contribution is -0.0566. The predicted molar refractivity (Wildman–Crippen MR) is 77.5 cm³/mol. The average Bonchev–Trinajstić information content (AvgIpc) is 2.89. The highest BCUT2D eigenvalue weighted by molar-refractivity contribution is 5.92. The molecule has 8 heteroatoms. The summed E-state index contributed by atoms with van der Waals surface area (Å²) in [6, 6.07) is 0.325. The molecule has 3 atom stereocenters. The van der Waals surface area contributed by atoms with Crippen LogP contribution >= 0.6 is 0 Å². The molecule has 2 aliphatic rings. The Kier molecular flexibility index (Phi) is 4.51. The van der Waals surface area contributed by atoms with Crippen LogP contribution in [0.5, 0.6) is 0 Å². The highest BCUT2D eigenvalue weighted by Crippen LogP contribution is 2.24. The van der Waals surface area contributed by atoms with Crippen LogP contribution in [0.25, 0.3) is 0 Å². The Morgan fingerprint density at radius 3 is 3.14 bits per heavy atom. The molecule has 1 aromatic heterocycles. The first-order chi connectivity index (χ1) is 10.7. The minimum absolute atomic E-state index is 0.0256. The molecule has 1 aromatic rings. The molecule has 2 aliphatic heterocycles. The Morgan fingerprint density at radius 1 is 1.50 bits per heavy atom. The van der Waals surface area contributed by atoms with Gasteiger partial charge in [-0.05, 0) is 12.8 Å². The maximum atomic E-state index is 12.1. The van der Waals surface area contributed by atoms with Gasteiger partial charge in [0.2, 0.25) is 0 Å². The van der Waals surface area contributed by atoms with E-state index in [1.807, 2.05) is 0 Å². The molecule has 22 heavy (non-hydrogen) atoms. The fraction of sp³-hybridized carbons (Fsp3) is 0.643. The number of aliphatic hydroxyl groups is 1. The minimum atomic E-state index is -0.392. The predicted octanol–water partition coefficient (Wildman–Crippen LogP) is -1.28. The highest BCUT2D eigenvalue weighted by atomic mass is 16.5. The molecule has 2 fully saturated rings. The molecule has 0 unspecified atom stereocenters. The number of aromatic nitrogens is 2. The van der Waals surface area contributed by atoms with Crippen molar-refractivity contribution in [2.24, 2.45) is 0 Å². The van der Waals surface area contributed by atoms with Crippen LogP contribution in [-0.2, 0) is 4.74 Å². The van der Waals surface area contributed by atoms with Crippen molar-refractivity contribution in [2.75, 3.05) is 26.3 Å². The summed E-state index contributed by atoms with van der Waals surface area (Å²) in [6.07, 6.45) is 3.99. The topological polar surface area (TPSA) is 108 Å². The third-order valence-electron chi connectivity index (χ3n) is 4.17. The van der Waals surface area contributed by atoms with Crippen molar-refractivity contribution >= 4 is 5.91 Å². The second kappa shape index (κ2) is 6.55. The number of rotatable bonds is 4. The van der Waals surface area contributed by atoms with E-state index in [2.05, 4.69) is 20.2 Å². The molecular weight excluding hydrogens is 288 g/mol. The molecule has 0 radical (unpaired) electrons. The van der Waals surface area contributed by atoms with E-state index in [1.54, 1.807) is 0 Å². The summed E-state index contributed by atoms with van der Waals surface area (Å²) >= 11 is 0. The van der Waals surface area contributed by atoms with E-state index in [1.165, 1.54) is 6.20 Å². The van der Waals surface area contributed by atoms with Gasteiger partial charge in [-0.15, -0.1) is 0 Å². The van der Waals surface area contributed by atoms with Gasteiger partial charge in [0.05, 0.1) is 25.1 Å². The van der Waals surface area contributed by atoms with Crippen LogP contribution in [0.15, 0.2) is 17.2 Å². The fourth-order valence-corrected chi connectivity index (χ4v) is 3.12. The Labute approximate surface area is 127 Å². The summed E-state index contributed by atoms with van der Waals surface area (Å²) in [5, 5.41) is 11.9. The van der Waals surface area contributed by atoms with E-state index in [0.717, 1.165) is 25.7 Å². The molecule has 0 bridgehead atoms. The average molecular weight is 308 g/mol. The van der Waals surface area contributed by atoms with Crippen LogP contribution in [0, 0.1) is 0 Å². The van der Waals surface area contributed by atoms with Gasteiger partial charge in [0.25, 0.3) is 11.5 Å². The van der Waals surface area contributed by atoms with Crippen molar-refractivity contribution < 1.29 is 14.6 Å². The lowest BCUT2D eigenvalue weighted by Crippen LogP contribution is -2.46. The molecule has 3 rings (SSSR count). The molecule has 3 heterocycles. The number of ether oxygens (including phenoxy) is 1. The van der Waals surface area contributed by atoms with Crippen molar-refractivity contribution in [2.45, 2.75) is 31.0 Å². The van der Waals surface area contributed by atoms with Crippen LogP contribution in [-0.4, -0.2) is 70.4 Å². The molecule has 2 saturated heterocycles. The van der Waals surface area contributed by atoms with E-state index in [9.17, 15) is 9.59 Å². The number of nitrogens with zero attached hydrogens (tertiary/aromatic N) is 2. The van der Waals surface area contributed by atoms with Crippen molar-refractivity contribution in [3.63, 3.8) is 0 Å². The molecule has 0 aliphatic carbocycles. The monoisotopic (exact) mass is 308 g/mol. The van der Waals surface area contributed by atoms with Crippen LogP contribution in [0.2, 0.25) is 0 Å². The van der Waals surface area contributed by atoms with Gasteiger partial charge in [-0.3, -0.25) is 19.5 Å². The summed E-state index contributed by atoms with van der Waals surface area (Å²) in [5.41, 5.74) is -0.219. The fourth-order valence-electron chi connectivity index (χ4n) is 3.12. The SMILES string of the molecule is O=C(N[C@H]1C[C@H]2CO[C@@H](CCO)CN2C1)c1cncc(=O)[nH]1. The Bertz CT molecular complexity index is 590. The standard InChI is InChI=1S/C14H20N4O4/c19-2-1-11-7-18-6-9(3-10(18)8-22-11)16-14(21)12-4-15-5-13(20)17-12/h4-5,9-11,19H,1-3,6-8H2,(H,16,21)(H,17,20)/t9-,10-,11-/m0/s1. The number of aliphatic hydroxyl groups excluding tert-OH is 1. The maximum absolute atomic E-state index is 12.1. The summed E-state index contributed by atoms with van der Waals surface area (Å²) in [4.78, 5) is 31.8. The molecule has 8 nitrogen and oxygen atoms in total. The lowest BCUT2D eigenvalue weighted by Gasteiger charge is -2.34. The van der Waals surface area contributed by atoms with Crippen molar-refractivity contribution in [3.8, 4) is 0 Å². The Hall–Kier alpha value is -1.77. The number of carbonyl (C=O) groups is 1. The number of nitrogens with one attached hydrogen (secondary N) is 2. The maximum Gasteiger partial charge on any atom is 0.269 e. The number of fused-ring (bicyclic) bond motifs is 1. The van der Waals surface area contributed by atoms with E-state index in [0.29, 0.717) is 19.1 Å². The summed E-state index contributed by atoms with van der Waals surface area (Å²) in [6.45, 7) is 2.28. The molecule has 3 N–H and O–H groups in total. The number of carbonyl (C=O) groups excluding carboxylic acids is 1. The van der Waals surface area contributed by atoms with E-state index in [4.69, 9.17) is 9.84 Å². The molecular formula is C14H20N4O4. The van der Waals surface area contributed by atoms with Crippen LogP contribution in [0.4, 0.5) is 0 Å². The van der Waals surface area contributed by atoms with Gasteiger partial charge >= 0.3 is 0 Å². The summed E-state index contributed by atoms with van der Waals surface area (Å²) in [5.74, 6) is -0.317. The van der Waals surface area contributed by atoms with Crippen molar-refractivity contribution in [1.82, 2.24) is 20.2 Å². The zero-order valence-corrected chi connectivity index (χ0v) is 12.2. The van der Waals surface area contributed by atoms with Crippen molar-refractivity contribution in [1.29, 1.82) is 0 Å². The Balaban J connectivity index is 1.57.